The second-order valence-corrected chi connectivity index (χ2v) is 5.41. The molecular weight excluding hydrogens is 353 g/mol. The quantitative estimate of drug-likeness (QED) is 0.483. The van der Waals surface area contributed by atoms with Gasteiger partial charge in [0.25, 0.3) is 0 Å². The lowest BCUT2D eigenvalue weighted by Gasteiger charge is -2.18. The number of methoxy groups -OCH3 is 1. The van der Waals surface area contributed by atoms with Crippen molar-refractivity contribution in [2.24, 2.45) is 5.84 Å². The summed E-state index contributed by atoms with van der Waals surface area (Å²) in [6.07, 6.45) is 4.25. The Bertz CT molecular complexity index is 530. The molecule has 0 radical (unpaired) electrons. The van der Waals surface area contributed by atoms with Gasteiger partial charge in [-0.05, 0) is 52.8 Å². The number of hydrogen-bond donors (Lipinski definition) is 2. The summed E-state index contributed by atoms with van der Waals surface area (Å²) in [5.74, 6) is 6.42. The fourth-order valence-electron chi connectivity index (χ4n) is 1.96. The SMILES string of the molecule is COc1cnccc1C(Cc1ccc(I)cc1)NN. The van der Waals surface area contributed by atoms with E-state index in [0.717, 1.165) is 17.7 Å². The van der Waals surface area contributed by atoms with Crippen molar-refractivity contribution in [1.29, 1.82) is 0 Å². The monoisotopic (exact) mass is 369 g/mol. The van der Waals surface area contributed by atoms with E-state index < -0.39 is 0 Å². The summed E-state index contributed by atoms with van der Waals surface area (Å²) >= 11 is 2.29. The Morgan fingerprint density at radius 2 is 2.05 bits per heavy atom. The van der Waals surface area contributed by atoms with Crippen molar-refractivity contribution in [2.75, 3.05) is 7.11 Å². The molecule has 1 aromatic heterocycles. The third-order valence-corrected chi connectivity index (χ3v) is 3.69. The average molecular weight is 369 g/mol. The fraction of sp³-hybridized carbons (Fsp3) is 0.214. The number of aromatic nitrogens is 1. The summed E-state index contributed by atoms with van der Waals surface area (Å²) in [5, 5.41) is 0. The second kappa shape index (κ2) is 6.83. The molecule has 1 heterocycles. The van der Waals surface area contributed by atoms with E-state index in [0.29, 0.717) is 0 Å². The Morgan fingerprint density at radius 1 is 1.32 bits per heavy atom. The lowest BCUT2D eigenvalue weighted by Crippen LogP contribution is -2.30. The molecule has 4 nitrogen and oxygen atoms in total. The van der Waals surface area contributed by atoms with Crippen LogP contribution in [-0.4, -0.2) is 12.1 Å². The molecule has 0 spiro atoms. The summed E-state index contributed by atoms with van der Waals surface area (Å²) in [5.41, 5.74) is 5.08. The van der Waals surface area contributed by atoms with E-state index in [1.54, 1.807) is 19.5 Å². The number of benzene rings is 1. The van der Waals surface area contributed by atoms with Crippen LogP contribution in [0.5, 0.6) is 5.75 Å². The Kier molecular flexibility index (Phi) is 5.12. The first-order chi connectivity index (χ1) is 9.24. The largest absolute Gasteiger partial charge is 0.495 e. The highest BCUT2D eigenvalue weighted by Gasteiger charge is 2.15. The maximum absolute atomic E-state index is 5.68. The Morgan fingerprint density at radius 3 is 2.68 bits per heavy atom. The lowest BCUT2D eigenvalue weighted by molar-refractivity contribution is 0.397. The molecule has 0 bridgehead atoms. The number of nitrogens with one attached hydrogen (secondary N) is 1. The zero-order valence-electron chi connectivity index (χ0n) is 10.6. The number of ether oxygens (including phenoxy) is 1. The Balaban J connectivity index is 2.22. The highest BCUT2D eigenvalue weighted by atomic mass is 127. The first-order valence-electron chi connectivity index (χ1n) is 5.93. The third-order valence-electron chi connectivity index (χ3n) is 2.97. The molecule has 0 aliphatic carbocycles. The normalized spacial score (nSPS) is 12.2. The van der Waals surface area contributed by atoms with Crippen molar-refractivity contribution in [1.82, 2.24) is 10.4 Å². The number of nitrogens with two attached hydrogens (primary N) is 1. The van der Waals surface area contributed by atoms with Crippen molar-refractivity contribution in [3.63, 3.8) is 0 Å². The van der Waals surface area contributed by atoms with Gasteiger partial charge in [0.1, 0.15) is 5.75 Å². The second-order valence-electron chi connectivity index (χ2n) is 4.17. The Hall–Kier alpha value is -1.18. The number of rotatable bonds is 5. The van der Waals surface area contributed by atoms with Gasteiger partial charge in [-0.1, -0.05) is 12.1 Å². The highest BCUT2D eigenvalue weighted by Crippen LogP contribution is 2.26. The van der Waals surface area contributed by atoms with Crippen LogP contribution in [0.4, 0.5) is 0 Å². The van der Waals surface area contributed by atoms with Crippen molar-refractivity contribution in [3.8, 4) is 5.75 Å². The minimum Gasteiger partial charge on any atom is -0.495 e. The predicted molar refractivity (Wildman–Crippen MR) is 83.7 cm³/mol. The maximum atomic E-state index is 5.68. The molecule has 1 aromatic carbocycles. The zero-order valence-corrected chi connectivity index (χ0v) is 12.8. The van der Waals surface area contributed by atoms with E-state index >= 15 is 0 Å². The van der Waals surface area contributed by atoms with E-state index in [-0.39, 0.29) is 6.04 Å². The van der Waals surface area contributed by atoms with Crippen molar-refractivity contribution in [3.05, 3.63) is 57.4 Å². The number of nitrogens with zero attached hydrogens (tertiary/aromatic N) is 1. The van der Waals surface area contributed by atoms with Crippen molar-refractivity contribution >= 4 is 22.6 Å². The van der Waals surface area contributed by atoms with Crippen LogP contribution in [0.2, 0.25) is 0 Å². The van der Waals surface area contributed by atoms with E-state index in [2.05, 4.69) is 57.3 Å². The van der Waals surface area contributed by atoms with Crippen molar-refractivity contribution < 1.29 is 4.74 Å². The van der Waals surface area contributed by atoms with Gasteiger partial charge in [-0.25, -0.2) is 0 Å². The third kappa shape index (κ3) is 3.65. The molecule has 19 heavy (non-hydrogen) atoms. The first-order valence-corrected chi connectivity index (χ1v) is 7.01. The summed E-state index contributed by atoms with van der Waals surface area (Å²) in [7, 11) is 1.64. The summed E-state index contributed by atoms with van der Waals surface area (Å²) < 4.78 is 6.55. The molecule has 2 aromatic rings. The molecule has 0 amide bonds. The van der Waals surface area contributed by atoms with Gasteiger partial charge in [-0.3, -0.25) is 16.3 Å². The number of pyridine rings is 1. The molecule has 1 unspecified atom stereocenters. The number of hydrogen-bond acceptors (Lipinski definition) is 4. The van der Waals surface area contributed by atoms with Gasteiger partial charge >= 0.3 is 0 Å². The van der Waals surface area contributed by atoms with Gasteiger partial charge in [0, 0.05) is 15.3 Å². The van der Waals surface area contributed by atoms with Crippen LogP contribution in [-0.2, 0) is 6.42 Å². The number of hydrazine groups is 1. The molecule has 0 saturated heterocycles. The molecule has 0 fully saturated rings. The number of halogens is 1. The van der Waals surface area contributed by atoms with Crippen LogP contribution >= 0.6 is 22.6 Å². The summed E-state index contributed by atoms with van der Waals surface area (Å²) in [6.45, 7) is 0. The zero-order chi connectivity index (χ0) is 13.7. The molecule has 0 saturated carbocycles. The molecule has 100 valence electrons. The minimum absolute atomic E-state index is 0.00184. The highest BCUT2D eigenvalue weighted by molar-refractivity contribution is 14.1. The van der Waals surface area contributed by atoms with Gasteiger partial charge in [-0.15, -0.1) is 0 Å². The van der Waals surface area contributed by atoms with Crippen LogP contribution in [0.1, 0.15) is 17.2 Å². The van der Waals surface area contributed by atoms with E-state index in [9.17, 15) is 0 Å². The first kappa shape index (κ1) is 14.2. The summed E-state index contributed by atoms with van der Waals surface area (Å²) in [6, 6.07) is 10.3. The van der Waals surface area contributed by atoms with Crippen LogP contribution in [0, 0.1) is 3.57 Å². The predicted octanol–water partition coefficient (Wildman–Crippen LogP) is 2.44. The smallest absolute Gasteiger partial charge is 0.141 e. The average Bonchev–Trinajstić information content (AvgIpc) is 2.46. The molecule has 0 aliphatic heterocycles. The molecule has 0 aliphatic rings. The molecular formula is C14H16IN3O. The Labute approximate surface area is 126 Å². The maximum Gasteiger partial charge on any atom is 0.141 e. The van der Waals surface area contributed by atoms with E-state index in [1.807, 2.05) is 6.07 Å². The van der Waals surface area contributed by atoms with E-state index in [4.69, 9.17) is 10.6 Å². The molecule has 5 heteroatoms. The van der Waals surface area contributed by atoms with Gasteiger partial charge in [0.05, 0.1) is 19.3 Å². The molecule has 1 atom stereocenters. The lowest BCUT2D eigenvalue weighted by atomic mass is 10.00. The molecule has 2 rings (SSSR count). The van der Waals surface area contributed by atoms with E-state index in [1.165, 1.54) is 9.13 Å². The van der Waals surface area contributed by atoms with Crippen molar-refractivity contribution in [2.45, 2.75) is 12.5 Å². The summed E-state index contributed by atoms with van der Waals surface area (Å²) in [4.78, 5) is 4.06. The van der Waals surface area contributed by atoms with Crippen LogP contribution in [0.15, 0.2) is 42.7 Å². The fourth-order valence-corrected chi connectivity index (χ4v) is 2.32. The van der Waals surface area contributed by atoms with Crippen LogP contribution in [0.25, 0.3) is 0 Å². The standard InChI is InChI=1S/C14H16IN3O/c1-19-14-9-17-7-6-12(14)13(18-16)8-10-2-4-11(15)5-3-10/h2-7,9,13,18H,8,16H2,1H3. The van der Waals surface area contributed by atoms with Gasteiger partial charge in [0.15, 0.2) is 0 Å². The van der Waals surface area contributed by atoms with Crippen LogP contribution < -0.4 is 16.0 Å². The minimum atomic E-state index is -0.00184. The van der Waals surface area contributed by atoms with Gasteiger partial charge < -0.3 is 4.74 Å². The van der Waals surface area contributed by atoms with Gasteiger partial charge in [0.2, 0.25) is 0 Å². The van der Waals surface area contributed by atoms with Crippen LogP contribution in [0.3, 0.4) is 0 Å². The van der Waals surface area contributed by atoms with Gasteiger partial charge in [-0.2, -0.15) is 0 Å². The topological polar surface area (TPSA) is 60.2 Å². The molecule has 3 N–H and O–H groups in total.